The number of nitrogens with two attached hydrogens (primary N) is 1. The number of primary amides is 1. The number of hydrogen-bond donors (Lipinski definition) is 2. The van der Waals surface area contributed by atoms with Crippen molar-refractivity contribution in [1.82, 2.24) is 10.2 Å². The van der Waals surface area contributed by atoms with Crippen LogP contribution in [0.25, 0.3) is 0 Å². The highest BCUT2D eigenvalue weighted by molar-refractivity contribution is 9.11. The molecule has 1 rings (SSSR count). The van der Waals surface area contributed by atoms with E-state index in [0.717, 1.165) is 0 Å². The van der Waals surface area contributed by atoms with Gasteiger partial charge in [0.05, 0.1) is 6.54 Å². The van der Waals surface area contributed by atoms with Gasteiger partial charge in [0.15, 0.2) is 3.92 Å². The van der Waals surface area contributed by atoms with Crippen LogP contribution < -0.4 is 11.1 Å². The van der Waals surface area contributed by atoms with Crippen LogP contribution >= 0.6 is 27.3 Å². The largest absolute Gasteiger partial charge is 0.368 e. The molecule has 11 heavy (non-hydrogen) atoms. The van der Waals surface area contributed by atoms with Crippen molar-refractivity contribution in [3.63, 3.8) is 0 Å². The quantitative estimate of drug-likeness (QED) is 0.786. The molecule has 0 atom stereocenters. The lowest BCUT2D eigenvalue weighted by Crippen LogP contribution is -2.21. The van der Waals surface area contributed by atoms with Crippen LogP contribution in [0.3, 0.4) is 0 Å². The highest BCUT2D eigenvalue weighted by Crippen LogP contribution is 2.19. The summed E-state index contributed by atoms with van der Waals surface area (Å²) in [7, 11) is 0. The van der Waals surface area contributed by atoms with E-state index in [1.54, 1.807) is 0 Å². The SMILES string of the molecule is NC(=O)CNc1nnc(Br)s1. The number of rotatable bonds is 3. The molecule has 60 valence electrons. The van der Waals surface area contributed by atoms with Gasteiger partial charge < -0.3 is 11.1 Å². The molecule has 0 fully saturated rings. The van der Waals surface area contributed by atoms with Crippen LogP contribution in [-0.4, -0.2) is 22.6 Å². The smallest absolute Gasteiger partial charge is 0.236 e. The molecular formula is C4H5BrN4OS. The van der Waals surface area contributed by atoms with Crippen LogP contribution in [0.4, 0.5) is 5.13 Å². The van der Waals surface area contributed by atoms with Gasteiger partial charge in [0.25, 0.3) is 0 Å². The van der Waals surface area contributed by atoms with Gasteiger partial charge in [-0.25, -0.2) is 0 Å². The third-order valence-electron chi connectivity index (χ3n) is 0.814. The van der Waals surface area contributed by atoms with Gasteiger partial charge in [-0.15, -0.1) is 10.2 Å². The first-order valence-electron chi connectivity index (χ1n) is 2.69. The maximum Gasteiger partial charge on any atom is 0.236 e. The molecule has 0 unspecified atom stereocenters. The first kappa shape index (κ1) is 8.41. The Balaban J connectivity index is 2.45. The summed E-state index contributed by atoms with van der Waals surface area (Å²) < 4.78 is 0.671. The summed E-state index contributed by atoms with van der Waals surface area (Å²) in [6.07, 6.45) is 0. The molecule has 5 nitrogen and oxygen atoms in total. The van der Waals surface area contributed by atoms with Crippen molar-refractivity contribution >= 4 is 38.3 Å². The minimum Gasteiger partial charge on any atom is -0.368 e. The fourth-order valence-corrected chi connectivity index (χ4v) is 1.45. The molecule has 0 aliphatic carbocycles. The highest BCUT2D eigenvalue weighted by Gasteiger charge is 2.00. The number of carbonyl (C=O) groups is 1. The number of amides is 1. The van der Waals surface area contributed by atoms with Crippen LogP contribution in [-0.2, 0) is 4.79 Å². The molecule has 1 aromatic heterocycles. The second-order valence-corrected chi connectivity index (χ2v) is 3.93. The van der Waals surface area contributed by atoms with Gasteiger partial charge in [0.1, 0.15) is 0 Å². The highest BCUT2D eigenvalue weighted by atomic mass is 79.9. The molecule has 0 aliphatic heterocycles. The molecule has 0 aliphatic rings. The van der Waals surface area contributed by atoms with Gasteiger partial charge >= 0.3 is 0 Å². The fourth-order valence-electron chi connectivity index (χ4n) is 0.439. The predicted octanol–water partition coefficient (Wildman–Crippen LogP) is 0.198. The summed E-state index contributed by atoms with van der Waals surface area (Å²) in [5.74, 6) is -0.420. The number of anilines is 1. The summed E-state index contributed by atoms with van der Waals surface area (Å²) in [5, 5.41) is 10.6. The van der Waals surface area contributed by atoms with Crippen molar-refractivity contribution in [1.29, 1.82) is 0 Å². The maximum atomic E-state index is 10.3. The molecule has 3 N–H and O–H groups in total. The lowest BCUT2D eigenvalue weighted by atomic mass is 10.6. The van der Waals surface area contributed by atoms with E-state index < -0.39 is 5.91 Å². The van der Waals surface area contributed by atoms with E-state index in [9.17, 15) is 4.79 Å². The Morgan fingerprint density at radius 2 is 2.45 bits per heavy atom. The number of aromatic nitrogens is 2. The van der Waals surface area contributed by atoms with Crippen LogP contribution in [0.5, 0.6) is 0 Å². The van der Waals surface area contributed by atoms with Crippen molar-refractivity contribution in [2.75, 3.05) is 11.9 Å². The van der Waals surface area contributed by atoms with Crippen molar-refractivity contribution in [3.8, 4) is 0 Å². The second kappa shape index (κ2) is 3.63. The zero-order chi connectivity index (χ0) is 8.27. The average molecular weight is 237 g/mol. The van der Waals surface area contributed by atoms with Crippen molar-refractivity contribution in [2.24, 2.45) is 5.73 Å². The molecule has 0 saturated carbocycles. The molecule has 0 spiro atoms. The minimum atomic E-state index is -0.420. The molecular weight excluding hydrogens is 232 g/mol. The van der Waals surface area contributed by atoms with E-state index in [2.05, 4.69) is 31.4 Å². The van der Waals surface area contributed by atoms with Crippen molar-refractivity contribution in [3.05, 3.63) is 3.92 Å². The maximum absolute atomic E-state index is 10.3. The first-order valence-corrected chi connectivity index (χ1v) is 4.30. The summed E-state index contributed by atoms with van der Waals surface area (Å²) in [6.45, 7) is 0.0850. The zero-order valence-electron chi connectivity index (χ0n) is 5.37. The Bertz CT molecular complexity index is 262. The van der Waals surface area contributed by atoms with Gasteiger partial charge in [-0.3, -0.25) is 4.79 Å². The van der Waals surface area contributed by atoms with Gasteiger partial charge in [-0.2, -0.15) is 0 Å². The van der Waals surface area contributed by atoms with E-state index in [0.29, 0.717) is 9.05 Å². The lowest BCUT2D eigenvalue weighted by molar-refractivity contribution is -0.116. The molecule has 7 heteroatoms. The summed E-state index contributed by atoms with van der Waals surface area (Å²) in [5.41, 5.74) is 4.89. The Morgan fingerprint density at radius 1 is 1.73 bits per heavy atom. The average Bonchev–Trinajstić information content (AvgIpc) is 2.31. The Hall–Kier alpha value is -0.690. The normalized spacial score (nSPS) is 9.55. The van der Waals surface area contributed by atoms with Gasteiger partial charge in [-0.1, -0.05) is 11.3 Å². The number of carbonyl (C=O) groups excluding carboxylic acids is 1. The Kier molecular flexibility index (Phi) is 2.77. The van der Waals surface area contributed by atoms with Crippen LogP contribution in [0.15, 0.2) is 3.92 Å². The van der Waals surface area contributed by atoms with Gasteiger partial charge in [0, 0.05) is 0 Å². The molecule has 1 aromatic rings. The predicted molar refractivity (Wildman–Crippen MR) is 45.3 cm³/mol. The summed E-state index contributed by atoms with van der Waals surface area (Å²) in [6, 6.07) is 0. The van der Waals surface area contributed by atoms with E-state index >= 15 is 0 Å². The number of nitrogens with one attached hydrogen (secondary N) is 1. The fraction of sp³-hybridized carbons (Fsp3) is 0.250. The van der Waals surface area contributed by atoms with Crippen LogP contribution in [0, 0.1) is 0 Å². The van der Waals surface area contributed by atoms with E-state index in [-0.39, 0.29) is 6.54 Å². The molecule has 1 heterocycles. The lowest BCUT2D eigenvalue weighted by Gasteiger charge is -1.94. The second-order valence-electron chi connectivity index (χ2n) is 1.68. The summed E-state index contributed by atoms with van der Waals surface area (Å²) >= 11 is 4.43. The zero-order valence-corrected chi connectivity index (χ0v) is 7.78. The van der Waals surface area contributed by atoms with Crippen LogP contribution in [0.1, 0.15) is 0 Å². The molecule has 0 saturated heterocycles. The van der Waals surface area contributed by atoms with Crippen LogP contribution in [0.2, 0.25) is 0 Å². The van der Waals surface area contributed by atoms with Gasteiger partial charge in [0.2, 0.25) is 11.0 Å². The standard InChI is InChI=1S/C4H5BrN4OS/c5-3-8-9-4(11-3)7-1-2(6)10/h1H2,(H2,6,10)(H,7,9). The van der Waals surface area contributed by atoms with E-state index in [1.807, 2.05) is 0 Å². The number of nitrogens with zero attached hydrogens (tertiary/aromatic N) is 2. The van der Waals surface area contributed by atoms with Crippen molar-refractivity contribution in [2.45, 2.75) is 0 Å². The third-order valence-corrected chi connectivity index (χ3v) is 2.13. The molecule has 1 amide bonds. The molecule has 0 bridgehead atoms. The Labute approximate surface area is 75.1 Å². The minimum absolute atomic E-state index is 0.0850. The van der Waals surface area contributed by atoms with E-state index in [1.165, 1.54) is 11.3 Å². The van der Waals surface area contributed by atoms with E-state index in [4.69, 9.17) is 5.73 Å². The summed E-state index contributed by atoms with van der Waals surface area (Å²) in [4.78, 5) is 10.3. The molecule has 0 radical (unpaired) electrons. The topological polar surface area (TPSA) is 80.9 Å². The third kappa shape index (κ3) is 2.81. The van der Waals surface area contributed by atoms with Crippen molar-refractivity contribution < 1.29 is 4.79 Å². The Morgan fingerprint density at radius 3 is 2.91 bits per heavy atom. The van der Waals surface area contributed by atoms with Gasteiger partial charge in [-0.05, 0) is 15.9 Å². The number of halogens is 1. The molecule has 0 aromatic carbocycles. The number of hydrogen-bond acceptors (Lipinski definition) is 5. The first-order chi connectivity index (χ1) is 5.18. The monoisotopic (exact) mass is 236 g/mol.